The molecule has 111 heavy (non-hydrogen) atoms. The first-order valence-electron chi connectivity index (χ1n) is 50.6. The fraction of sp³-hybridized carbons (Fsp3) is 0.815. The molecular formula is C108H196N2Ni. The van der Waals surface area contributed by atoms with Crippen molar-refractivity contribution in [3.8, 4) is 0 Å². The zero-order valence-corrected chi connectivity index (χ0v) is 77.4. The summed E-state index contributed by atoms with van der Waals surface area (Å²) in [5.74, 6) is 3.09. The Morgan fingerprint density at radius 3 is 0.910 bits per heavy atom. The Kier molecular flexibility index (Phi) is 96.1. The van der Waals surface area contributed by atoms with E-state index >= 15 is 0 Å². The average molecular weight is 1580 g/mol. The predicted octanol–water partition coefficient (Wildman–Crippen LogP) is 38.9. The molecule has 0 atom stereocenters. The molecule has 3 heteroatoms. The molecule has 0 spiro atoms. The minimum absolute atomic E-state index is 0. The Labute approximate surface area is 709 Å². The van der Waals surface area contributed by atoms with Crippen LogP contribution in [0.5, 0.6) is 0 Å². The van der Waals surface area contributed by atoms with Crippen LogP contribution in [-0.4, -0.2) is 10.7 Å². The van der Waals surface area contributed by atoms with E-state index in [2.05, 4.69) is 127 Å². The van der Waals surface area contributed by atoms with Gasteiger partial charge < -0.3 is 19.4 Å². The van der Waals surface area contributed by atoms with E-state index in [0.29, 0.717) is 0 Å². The summed E-state index contributed by atoms with van der Waals surface area (Å²) in [7, 11) is 0. The Hall–Kier alpha value is -2.43. The van der Waals surface area contributed by atoms with Crippen LogP contribution in [0.1, 0.15) is 577 Å². The molecule has 0 unspecified atom stereocenters. The molecule has 0 aliphatic rings. The third-order valence-corrected chi connectivity index (χ3v) is 23.9. The summed E-state index contributed by atoms with van der Waals surface area (Å²) in [5.41, 5.74) is 19.0. The number of nitrogens with zero attached hydrogens (tertiary/aromatic N) is 2. The molecule has 0 aliphatic carbocycles. The van der Waals surface area contributed by atoms with Gasteiger partial charge in [0.2, 0.25) is 0 Å². The van der Waals surface area contributed by atoms with Gasteiger partial charge in [-0.15, -0.1) is 4.79 Å². The van der Waals surface area contributed by atoms with E-state index in [1.807, 2.05) is 0 Å². The largest absolute Gasteiger partial charge is 2.00 e. The van der Waals surface area contributed by atoms with Crippen LogP contribution >= 0.6 is 0 Å². The summed E-state index contributed by atoms with van der Waals surface area (Å²) in [5, 5.41) is 0. The molecule has 2 aromatic rings. The quantitative estimate of drug-likeness (QED) is 0.00925. The van der Waals surface area contributed by atoms with Gasteiger partial charge in [0.15, 0.2) is 0 Å². The molecule has 0 radical (unpaired) electrons. The molecule has 0 heterocycles. The fourth-order valence-corrected chi connectivity index (χ4v) is 16.5. The smallest absolute Gasteiger partial charge is 0.348 e. The second kappa shape index (κ2) is 96.4. The molecular weight excluding hydrogens is 1380 g/mol. The van der Waals surface area contributed by atoms with Crippen LogP contribution in [0.25, 0.3) is 11.1 Å². The maximum Gasteiger partial charge on any atom is 2.00 e. The van der Waals surface area contributed by atoms with Crippen molar-refractivity contribution in [2.24, 2.45) is 0 Å². The van der Waals surface area contributed by atoms with Crippen molar-refractivity contribution in [1.29, 1.82) is 0 Å². The minimum Gasteiger partial charge on any atom is -0.348 e. The SMILES string of the molecule is CCCCCCCCCCCCCCCCCCCC=CCCc1ccccc1C(=C(CCCCCC)C(=C=[N+]=[N-])CCCC)c1cccc(CCCCC)c1.[CH2-]CCCCCCCCCCCCCCCCCCCCCCCCCC.[CH2-]CCCCCCCCCCCCCCCCCCCCCCCCCC.[Ni+2]. The predicted molar refractivity (Wildman–Crippen MR) is 502 cm³/mol. The Bertz CT molecular complexity index is 2160. The van der Waals surface area contributed by atoms with Crippen LogP contribution in [0.4, 0.5) is 0 Å². The molecule has 0 bridgehead atoms. The first-order chi connectivity index (χ1) is 54.5. The van der Waals surface area contributed by atoms with Gasteiger partial charge in [-0.05, 0) is 97.6 Å². The Morgan fingerprint density at radius 1 is 0.297 bits per heavy atom. The van der Waals surface area contributed by atoms with E-state index < -0.39 is 0 Å². The van der Waals surface area contributed by atoms with Gasteiger partial charge in [0.25, 0.3) is 0 Å². The first-order valence-corrected chi connectivity index (χ1v) is 50.6. The van der Waals surface area contributed by atoms with E-state index in [0.717, 1.165) is 69.8 Å². The molecule has 2 nitrogen and oxygen atoms in total. The van der Waals surface area contributed by atoms with Crippen LogP contribution in [0.3, 0.4) is 0 Å². The maximum atomic E-state index is 9.84. The molecule has 0 aromatic heterocycles. The number of unbranched alkanes of at least 4 members (excludes halogenated alkanes) is 71. The van der Waals surface area contributed by atoms with Gasteiger partial charge in [0, 0.05) is 0 Å². The average Bonchev–Trinajstić information content (AvgIpc) is 0.792. The van der Waals surface area contributed by atoms with Gasteiger partial charge in [-0.25, -0.2) is 0 Å². The van der Waals surface area contributed by atoms with Gasteiger partial charge in [0.1, 0.15) is 0 Å². The van der Waals surface area contributed by atoms with Gasteiger partial charge >= 0.3 is 22.4 Å². The van der Waals surface area contributed by atoms with Crippen LogP contribution < -0.4 is 0 Å². The molecule has 648 valence electrons. The second-order valence-corrected chi connectivity index (χ2v) is 34.7. The number of aryl methyl sites for hydroxylation is 2. The summed E-state index contributed by atoms with van der Waals surface area (Å²) in [4.78, 5) is 3.52. The Morgan fingerprint density at radius 2 is 0.586 bits per heavy atom. The van der Waals surface area contributed by atoms with Crippen LogP contribution in [0, 0.1) is 13.8 Å². The first kappa shape index (κ1) is 111. The summed E-state index contributed by atoms with van der Waals surface area (Å²) in [6.45, 7) is 21.5. The molecule has 2 aromatic carbocycles. The molecule has 2 rings (SSSR count). The molecule has 0 fully saturated rings. The summed E-state index contributed by atoms with van der Waals surface area (Å²) in [6.07, 6.45) is 119. The molecule has 0 saturated carbocycles. The molecule has 0 amide bonds. The minimum atomic E-state index is 0. The van der Waals surface area contributed by atoms with Gasteiger partial charge in [0.05, 0.1) is 5.57 Å². The van der Waals surface area contributed by atoms with Crippen molar-refractivity contribution in [2.75, 3.05) is 0 Å². The van der Waals surface area contributed by atoms with E-state index in [1.54, 1.807) is 0 Å². The zero-order chi connectivity index (χ0) is 79.5. The normalized spacial score (nSPS) is 11.5. The summed E-state index contributed by atoms with van der Waals surface area (Å²) >= 11 is 0. The van der Waals surface area contributed by atoms with Gasteiger partial charge in [-0.2, -0.15) is 12.8 Å². The van der Waals surface area contributed by atoms with Crippen molar-refractivity contribution in [3.05, 3.63) is 113 Å². The standard InChI is InChI=1S/C54H86N2.2C27H55.Ni/c1-5-9-13-15-16-17-18-19-20-21-22-23-24-25-26-27-28-29-30-31-33-41-49-42-35-36-45-52(49)54(50-43-37-39-48(46-50)38-32-11-7-3)53(44-34-14-10-6-2)51(47-56-55)40-12-8-4;2*1-3-5-7-9-11-13-15-17-19-21-23-25-27-26-24-22-20-18-16-14-12-10-8-6-4-2;/h30-31,35-37,39,42-43,45-46H,5-29,32-34,38,40-41,44H2,1-4H3;2*1,3-27H2,2H3;/q;2*-1;+2. The number of benzene rings is 2. The number of hydrogen-bond donors (Lipinski definition) is 0. The Balaban J connectivity index is 0. The molecule has 0 N–H and O–H groups in total. The topological polar surface area (TPSA) is 36.4 Å². The van der Waals surface area contributed by atoms with Crippen molar-refractivity contribution in [3.63, 3.8) is 0 Å². The molecule has 0 saturated heterocycles. The van der Waals surface area contributed by atoms with Crippen molar-refractivity contribution >= 4 is 11.4 Å². The van der Waals surface area contributed by atoms with Crippen LogP contribution in [0.15, 0.2) is 71.8 Å². The van der Waals surface area contributed by atoms with E-state index in [-0.39, 0.29) is 16.5 Å². The third kappa shape index (κ3) is 78.5. The van der Waals surface area contributed by atoms with Crippen LogP contribution in [0.2, 0.25) is 0 Å². The fourth-order valence-electron chi connectivity index (χ4n) is 16.5. The van der Waals surface area contributed by atoms with Gasteiger partial charge in [-0.1, -0.05) is 552 Å². The number of hydrogen-bond acceptors (Lipinski definition) is 0. The van der Waals surface area contributed by atoms with E-state index in [9.17, 15) is 5.53 Å². The molecule has 0 aliphatic heterocycles. The summed E-state index contributed by atoms with van der Waals surface area (Å²) < 4.78 is 0. The van der Waals surface area contributed by atoms with Crippen molar-refractivity contribution < 1.29 is 21.3 Å². The van der Waals surface area contributed by atoms with E-state index in [4.69, 9.17) is 0 Å². The summed E-state index contributed by atoms with van der Waals surface area (Å²) in [6, 6.07) is 18.4. The zero-order valence-electron chi connectivity index (χ0n) is 76.4. The van der Waals surface area contributed by atoms with E-state index in [1.165, 1.54) is 496 Å². The third-order valence-electron chi connectivity index (χ3n) is 23.9. The second-order valence-electron chi connectivity index (χ2n) is 34.7. The van der Waals surface area contributed by atoms with Crippen molar-refractivity contribution in [2.45, 2.75) is 568 Å². The van der Waals surface area contributed by atoms with Gasteiger partial charge in [-0.3, -0.25) is 0 Å². The monoisotopic (exact) mass is 1580 g/mol. The number of allylic oxidation sites excluding steroid dienone is 4. The van der Waals surface area contributed by atoms with Crippen molar-refractivity contribution in [1.82, 2.24) is 0 Å². The number of rotatable bonds is 84. The maximum absolute atomic E-state index is 9.84. The van der Waals surface area contributed by atoms with Crippen LogP contribution in [-0.2, 0) is 29.3 Å².